The van der Waals surface area contributed by atoms with Gasteiger partial charge in [-0.15, -0.1) is 0 Å². The van der Waals surface area contributed by atoms with E-state index in [9.17, 15) is 9.59 Å². The summed E-state index contributed by atoms with van der Waals surface area (Å²) >= 11 is 0. The number of urea groups is 1. The summed E-state index contributed by atoms with van der Waals surface area (Å²) < 4.78 is 5.29. The first-order chi connectivity index (χ1) is 12.2. The van der Waals surface area contributed by atoms with E-state index in [1.165, 1.54) is 12.8 Å². The number of nitrogens with zero attached hydrogens (tertiary/aromatic N) is 3. The molecule has 2 fully saturated rings. The molecule has 0 aromatic carbocycles. The number of nitrogens with one attached hydrogen (secondary N) is 2. The molecule has 1 aromatic heterocycles. The lowest BCUT2D eigenvalue weighted by molar-refractivity contribution is -0.121. The highest BCUT2D eigenvalue weighted by Gasteiger charge is 2.33. The second-order valence-electron chi connectivity index (χ2n) is 6.78. The fourth-order valence-corrected chi connectivity index (χ4v) is 3.63. The van der Waals surface area contributed by atoms with E-state index in [0.717, 1.165) is 25.7 Å². The van der Waals surface area contributed by atoms with Gasteiger partial charge in [0.15, 0.2) is 5.82 Å². The molecule has 2 aliphatic rings. The normalized spacial score (nSPS) is 20.8. The summed E-state index contributed by atoms with van der Waals surface area (Å²) in [4.78, 5) is 30.2. The Hall–Kier alpha value is -2.12. The van der Waals surface area contributed by atoms with Crippen molar-refractivity contribution in [2.45, 2.75) is 70.4 Å². The fourth-order valence-electron chi connectivity index (χ4n) is 3.63. The predicted molar refractivity (Wildman–Crippen MR) is 90.8 cm³/mol. The molecule has 1 atom stereocenters. The minimum absolute atomic E-state index is 0.0384. The molecule has 3 amide bonds. The lowest BCUT2D eigenvalue weighted by Crippen LogP contribution is -2.39. The number of aromatic nitrogens is 2. The van der Waals surface area contributed by atoms with Gasteiger partial charge < -0.3 is 20.1 Å². The van der Waals surface area contributed by atoms with Crippen molar-refractivity contribution in [3.05, 3.63) is 11.7 Å². The highest BCUT2D eigenvalue weighted by molar-refractivity contribution is 5.76. The van der Waals surface area contributed by atoms with Crippen LogP contribution in [0.3, 0.4) is 0 Å². The second-order valence-corrected chi connectivity index (χ2v) is 6.78. The van der Waals surface area contributed by atoms with Gasteiger partial charge in [-0.05, 0) is 32.6 Å². The highest BCUT2D eigenvalue weighted by atomic mass is 16.5. The molecule has 138 valence electrons. The molecule has 2 heterocycles. The molecule has 2 N–H and O–H groups in total. The molecule has 1 aliphatic carbocycles. The van der Waals surface area contributed by atoms with Crippen LogP contribution >= 0.6 is 0 Å². The molecule has 0 radical (unpaired) electrons. The largest absolute Gasteiger partial charge is 0.353 e. The Kier molecular flexibility index (Phi) is 5.88. The summed E-state index contributed by atoms with van der Waals surface area (Å²) in [5.41, 5.74) is 0. The van der Waals surface area contributed by atoms with E-state index in [2.05, 4.69) is 20.8 Å². The third-order valence-corrected chi connectivity index (χ3v) is 4.91. The van der Waals surface area contributed by atoms with Gasteiger partial charge in [-0.25, -0.2) is 4.79 Å². The first-order valence-electron chi connectivity index (χ1n) is 9.33. The van der Waals surface area contributed by atoms with Crippen LogP contribution < -0.4 is 10.6 Å². The van der Waals surface area contributed by atoms with Crippen LogP contribution in [-0.4, -0.2) is 46.1 Å². The highest BCUT2D eigenvalue weighted by Crippen LogP contribution is 2.30. The van der Waals surface area contributed by atoms with Crippen molar-refractivity contribution in [2.75, 3.05) is 13.1 Å². The predicted octanol–water partition coefficient (Wildman–Crippen LogP) is 1.93. The topological polar surface area (TPSA) is 100 Å². The van der Waals surface area contributed by atoms with Crippen LogP contribution in [0.2, 0.25) is 0 Å². The maximum atomic E-state index is 12.1. The van der Waals surface area contributed by atoms with Crippen LogP contribution in [0.5, 0.6) is 0 Å². The molecule has 1 aromatic rings. The van der Waals surface area contributed by atoms with Gasteiger partial charge in [0, 0.05) is 32.0 Å². The molecule has 0 spiro atoms. The molecule has 8 heteroatoms. The van der Waals surface area contributed by atoms with Gasteiger partial charge in [-0.3, -0.25) is 4.79 Å². The number of hydrogen-bond acceptors (Lipinski definition) is 5. The minimum Gasteiger partial charge on any atom is -0.353 e. The molecular formula is C17H27N5O3. The maximum Gasteiger partial charge on any atom is 0.318 e. The monoisotopic (exact) mass is 349 g/mol. The molecule has 1 saturated heterocycles. The van der Waals surface area contributed by atoms with E-state index < -0.39 is 0 Å². The summed E-state index contributed by atoms with van der Waals surface area (Å²) in [5, 5.41) is 9.91. The van der Waals surface area contributed by atoms with Crippen LogP contribution in [0.15, 0.2) is 4.52 Å². The van der Waals surface area contributed by atoms with Crippen molar-refractivity contribution < 1.29 is 14.1 Å². The van der Waals surface area contributed by atoms with Gasteiger partial charge in [0.1, 0.15) is 0 Å². The third kappa shape index (κ3) is 4.49. The maximum absolute atomic E-state index is 12.1. The van der Waals surface area contributed by atoms with Crippen molar-refractivity contribution in [3.63, 3.8) is 0 Å². The van der Waals surface area contributed by atoms with Gasteiger partial charge in [0.05, 0.1) is 6.04 Å². The van der Waals surface area contributed by atoms with Crippen LogP contribution in [0.1, 0.15) is 69.6 Å². The number of rotatable bonds is 6. The van der Waals surface area contributed by atoms with E-state index in [0.29, 0.717) is 43.7 Å². The molecule has 0 bridgehead atoms. The van der Waals surface area contributed by atoms with Crippen molar-refractivity contribution in [1.29, 1.82) is 0 Å². The first-order valence-corrected chi connectivity index (χ1v) is 9.33. The third-order valence-electron chi connectivity index (χ3n) is 4.91. The Balaban J connectivity index is 1.51. The zero-order valence-electron chi connectivity index (χ0n) is 14.8. The summed E-state index contributed by atoms with van der Waals surface area (Å²) in [6.45, 7) is 3.19. The van der Waals surface area contributed by atoms with Crippen molar-refractivity contribution in [3.8, 4) is 0 Å². The number of aryl methyl sites for hydroxylation is 1. The lowest BCUT2D eigenvalue weighted by Gasteiger charge is -2.22. The summed E-state index contributed by atoms with van der Waals surface area (Å²) in [7, 11) is 0. The Morgan fingerprint density at radius 2 is 2.04 bits per heavy atom. The van der Waals surface area contributed by atoms with E-state index in [4.69, 9.17) is 4.52 Å². The number of hydrogen-bond donors (Lipinski definition) is 2. The first kappa shape index (κ1) is 17.7. The SMILES string of the molecule is CCNC(=O)N1CCCC1c1noc(CCC(=O)NC2CCCC2)n1. The number of carbonyl (C=O) groups excluding carboxylic acids is 2. The molecule has 3 rings (SSSR count). The van der Waals surface area contributed by atoms with Crippen molar-refractivity contribution >= 4 is 11.9 Å². The Morgan fingerprint density at radius 3 is 2.80 bits per heavy atom. The van der Waals surface area contributed by atoms with E-state index in [1.54, 1.807) is 4.90 Å². The summed E-state index contributed by atoms with van der Waals surface area (Å²) in [6.07, 6.45) is 7.08. The quantitative estimate of drug-likeness (QED) is 0.817. The molecule has 1 unspecified atom stereocenters. The van der Waals surface area contributed by atoms with Gasteiger partial charge in [-0.2, -0.15) is 4.98 Å². The molecule has 25 heavy (non-hydrogen) atoms. The van der Waals surface area contributed by atoms with Gasteiger partial charge >= 0.3 is 6.03 Å². The van der Waals surface area contributed by atoms with E-state index >= 15 is 0 Å². The molecule has 1 saturated carbocycles. The van der Waals surface area contributed by atoms with Gasteiger partial charge in [-0.1, -0.05) is 18.0 Å². The zero-order chi connectivity index (χ0) is 17.6. The molecule has 1 aliphatic heterocycles. The van der Waals surface area contributed by atoms with Crippen LogP contribution in [0.4, 0.5) is 4.79 Å². The van der Waals surface area contributed by atoms with E-state index in [1.807, 2.05) is 6.92 Å². The van der Waals surface area contributed by atoms with Crippen molar-refractivity contribution in [2.24, 2.45) is 0 Å². The van der Waals surface area contributed by atoms with Gasteiger partial charge in [0.25, 0.3) is 0 Å². The molecular weight excluding hydrogens is 322 g/mol. The number of likely N-dealkylation sites (tertiary alicyclic amines) is 1. The minimum atomic E-state index is -0.142. The number of carbonyl (C=O) groups is 2. The van der Waals surface area contributed by atoms with E-state index in [-0.39, 0.29) is 18.0 Å². The fraction of sp³-hybridized carbons (Fsp3) is 0.765. The number of amides is 3. The summed E-state index contributed by atoms with van der Waals surface area (Å²) in [5.74, 6) is 1.03. The standard InChI is InChI=1S/C17H27N5O3/c1-2-18-17(24)22-11-5-8-13(22)16-20-15(25-21-16)10-9-14(23)19-12-6-3-4-7-12/h12-13H,2-11H2,1H3,(H,18,24)(H,19,23). The molecule has 8 nitrogen and oxygen atoms in total. The lowest BCUT2D eigenvalue weighted by atomic mass is 10.2. The van der Waals surface area contributed by atoms with Crippen LogP contribution in [-0.2, 0) is 11.2 Å². The van der Waals surface area contributed by atoms with Gasteiger partial charge in [0.2, 0.25) is 11.8 Å². The Morgan fingerprint density at radius 1 is 1.24 bits per heavy atom. The Bertz CT molecular complexity index is 597. The second kappa shape index (κ2) is 8.31. The average Bonchev–Trinajstić information content (AvgIpc) is 3.33. The van der Waals surface area contributed by atoms with Crippen LogP contribution in [0.25, 0.3) is 0 Å². The summed E-state index contributed by atoms with van der Waals surface area (Å²) in [6, 6.07) is 0.0959. The Labute approximate surface area is 147 Å². The van der Waals surface area contributed by atoms with Crippen molar-refractivity contribution in [1.82, 2.24) is 25.7 Å². The smallest absolute Gasteiger partial charge is 0.318 e. The van der Waals surface area contributed by atoms with Crippen LogP contribution in [0, 0.1) is 0 Å². The zero-order valence-corrected chi connectivity index (χ0v) is 14.8. The average molecular weight is 349 g/mol.